The van der Waals surface area contributed by atoms with E-state index in [-0.39, 0.29) is 28.5 Å². The lowest BCUT2D eigenvalue weighted by atomic mass is 9.73. The van der Waals surface area contributed by atoms with Gasteiger partial charge in [-0.3, -0.25) is 19.1 Å². The molecule has 0 bridgehead atoms. The monoisotopic (exact) mass is 424 g/mol. The van der Waals surface area contributed by atoms with Crippen LogP contribution in [0.4, 0.5) is 17.1 Å². The predicted octanol–water partition coefficient (Wildman–Crippen LogP) is 1.36. The summed E-state index contributed by atoms with van der Waals surface area (Å²) in [5, 5.41) is 21.1. The first-order valence-electron chi connectivity index (χ1n) is 9.93. The molecule has 1 aliphatic carbocycles. The van der Waals surface area contributed by atoms with Crippen molar-refractivity contribution in [1.29, 1.82) is 0 Å². The average molecular weight is 424 g/mol. The van der Waals surface area contributed by atoms with Crippen molar-refractivity contribution >= 4 is 23.0 Å². The Hall–Kier alpha value is -3.69. The number of nitrogens with one attached hydrogen (secondary N) is 2. The molecule has 3 N–H and O–H groups in total. The number of carbonyl (C=O) groups is 1. The summed E-state index contributed by atoms with van der Waals surface area (Å²) in [7, 11) is 4.92. The van der Waals surface area contributed by atoms with Crippen LogP contribution in [0.1, 0.15) is 41.0 Å². The van der Waals surface area contributed by atoms with Crippen LogP contribution in [0.2, 0.25) is 0 Å². The highest BCUT2D eigenvalue weighted by molar-refractivity contribution is 5.97. The Balaban J connectivity index is 1.67. The van der Waals surface area contributed by atoms with Gasteiger partial charge in [0.15, 0.2) is 11.4 Å². The van der Waals surface area contributed by atoms with Gasteiger partial charge in [0.25, 0.3) is 16.8 Å². The second kappa shape index (κ2) is 7.22. The fourth-order valence-corrected chi connectivity index (χ4v) is 3.96. The van der Waals surface area contributed by atoms with Crippen LogP contribution in [0, 0.1) is 6.92 Å². The molecule has 10 heteroatoms. The largest absolute Gasteiger partial charge is 0.504 e. The molecule has 1 amide bonds. The number of carbonyl (C=O) groups excluding carboxylic acids is 1. The maximum Gasteiger partial charge on any atom is 0.275 e. The summed E-state index contributed by atoms with van der Waals surface area (Å²) in [5.41, 5.74) is 0.200. The Bertz CT molecular complexity index is 1250. The molecule has 10 nitrogen and oxygen atoms in total. The normalized spacial score (nSPS) is 14.8. The van der Waals surface area contributed by atoms with Crippen LogP contribution >= 0.6 is 0 Å². The summed E-state index contributed by atoms with van der Waals surface area (Å²) in [4.78, 5) is 42.1. The van der Waals surface area contributed by atoms with Gasteiger partial charge in [-0.1, -0.05) is 0 Å². The van der Waals surface area contributed by atoms with Gasteiger partial charge in [0.1, 0.15) is 11.4 Å². The summed E-state index contributed by atoms with van der Waals surface area (Å²) in [5.74, 6) is -0.873. The molecule has 1 saturated carbocycles. The van der Waals surface area contributed by atoms with Crippen LogP contribution in [0.5, 0.6) is 5.75 Å². The first-order valence-corrected chi connectivity index (χ1v) is 9.93. The van der Waals surface area contributed by atoms with Crippen LogP contribution in [0.3, 0.4) is 0 Å². The van der Waals surface area contributed by atoms with Crippen molar-refractivity contribution < 1.29 is 9.90 Å². The first-order chi connectivity index (χ1) is 14.6. The number of aromatic hydroxyl groups is 1. The summed E-state index contributed by atoms with van der Waals surface area (Å²) < 4.78 is 1.73. The zero-order chi connectivity index (χ0) is 22.5. The van der Waals surface area contributed by atoms with Crippen LogP contribution in [0.25, 0.3) is 0 Å². The molecule has 0 radical (unpaired) electrons. The molecule has 0 atom stereocenters. The van der Waals surface area contributed by atoms with Gasteiger partial charge in [-0.15, -0.1) is 0 Å². The van der Waals surface area contributed by atoms with Gasteiger partial charge in [0.2, 0.25) is 0 Å². The maximum absolute atomic E-state index is 12.4. The molecule has 4 rings (SSSR count). The highest BCUT2D eigenvalue weighted by Crippen LogP contribution is 2.45. The van der Waals surface area contributed by atoms with Crippen LogP contribution in [0.15, 0.2) is 28.0 Å². The lowest BCUT2D eigenvalue weighted by Crippen LogP contribution is -2.48. The fourth-order valence-electron chi connectivity index (χ4n) is 3.96. The third-order valence-electron chi connectivity index (χ3n) is 5.74. The molecule has 2 heterocycles. The van der Waals surface area contributed by atoms with Gasteiger partial charge >= 0.3 is 0 Å². The molecule has 1 aliphatic rings. The van der Waals surface area contributed by atoms with Crippen LogP contribution in [-0.4, -0.2) is 44.8 Å². The van der Waals surface area contributed by atoms with Crippen molar-refractivity contribution in [3.8, 4) is 5.75 Å². The Kier molecular flexibility index (Phi) is 4.79. The Morgan fingerprint density at radius 1 is 1.23 bits per heavy atom. The Morgan fingerprint density at radius 3 is 2.45 bits per heavy atom. The number of anilines is 3. The quantitative estimate of drug-likeness (QED) is 0.506. The molecule has 0 unspecified atom stereocenters. The molecular weight excluding hydrogens is 400 g/mol. The maximum atomic E-state index is 12.4. The van der Waals surface area contributed by atoms with E-state index in [1.807, 2.05) is 20.2 Å². The molecule has 3 aromatic rings. The highest BCUT2D eigenvalue weighted by atomic mass is 16.3. The van der Waals surface area contributed by atoms with Gasteiger partial charge in [0, 0.05) is 33.5 Å². The van der Waals surface area contributed by atoms with E-state index in [0.29, 0.717) is 0 Å². The van der Waals surface area contributed by atoms with E-state index < -0.39 is 22.3 Å². The molecule has 1 fully saturated rings. The molecule has 162 valence electrons. The van der Waals surface area contributed by atoms with E-state index in [1.165, 1.54) is 17.2 Å². The number of hydrogen-bond donors (Lipinski definition) is 3. The minimum Gasteiger partial charge on any atom is -0.504 e. The van der Waals surface area contributed by atoms with E-state index in [4.69, 9.17) is 0 Å². The van der Waals surface area contributed by atoms with E-state index >= 15 is 0 Å². The minimum absolute atomic E-state index is 0.0506. The highest BCUT2D eigenvalue weighted by Gasteiger charge is 2.44. The molecule has 0 saturated heterocycles. The number of rotatable bonds is 6. The number of hydrogen-bond acceptors (Lipinski definition) is 8. The van der Waals surface area contributed by atoms with Crippen molar-refractivity contribution in [3.05, 3.63) is 55.9 Å². The average Bonchev–Trinajstić information content (AvgIpc) is 3.04. The molecule has 0 aliphatic heterocycles. The van der Waals surface area contributed by atoms with Crippen molar-refractivity contribution in [2.24, 2.45) is 7.05 Å². The van der Waals surface area contributed by atoms with Crippen molar-refractivity contribution in [2.45, 2.75) is 31.7 Å². The third-order valence-corrected chi connectivity index (χ3v) is 5.74. The molecular formula is C21H24N6O4. The number of aryl methyl sites for hydroxylation is 2. The lowest BCUT2D eigenvalue weighted by molar-refractivity contribution is 0.0819. The van der Waals surface area contributed by atoms with Crippen molar-refractivity contribution in [2.75, 3.05) is 24.7 Å². The first kappa shape index (κ1) is 20.6. The van der Waals surface area contributed by atoms with E-state index in [2.05, 4.69) is 20.7 Å². The Morgan fingerprint density at radius 2 is 1.90 bits per heavy atom. The van der Waals surface area contributed by atoms with E-state index in [1.54, 1.807) is 18.8 Å². The molecule has 1 aromatic carbocycles. The topological polar surface area (TPSA) is 129 Å². The van der Waals surface area contributed by atoms with Gasteiger partial charge < -0.3 is 20.6 Å². The SMILES string of the molecule is Cc1cn(C)nc1C1(Nc2c(Nc3ccnc(C(=O)N(C)C)c3O)c(=O)c2=O)CCC1. The second-order valence-electron chi connectivity index (χ2n) is 8.18. The second-order valence-corrected chi connectivity index (χ2v) is 8.18. The lowest BCUT2D eigenvalue weighted by Gasteiger charge is -2.43. The smallest absolute Gasteiger partial charge is 0.275 e. The predicted molar refractivity (Wildman–Crippen MR) is 116 cm³/mol. The number of amides is 1. The van der Waals surface area contributed by atoms with E-state index in [0.717, 1.165) is 30.5 Å². The zero-order valence-corrected chi connectivity index (χ0v) is 17.8. The van der Waals surface area contributed by atoms with Gasteiger partial charge in [-0.05, 0) is 37.8 Å². The summed E-state index contributed by atoms with van der Waals surface area (Å²) in [6.07, 6.45) is 5.80. The van der Waals surface area contributed by atoms with Crippen LogP contribution in [-0.2, 0) is 12.6 Å². The minimum atomic E-state index is -0.689. The zero-order valence-electron chi connectivity index (χ0n) is 17.8. The third kappa shape index (κ3) is 3.24. The Labute approximate surface area is 178 Å². The molecule has 31 heavy (non-hydrogen) atoms. The van der Waals surface area contributed by atoms with Gasteiger partial charge in [-0.2, -0.15) is 5.10 Å². The standard InChI is InChI=1S/C21H24N6O4/c1-11-10-27(4)25-19(11)21(7-5-8-21)24-14-13(17(29)18(14)30)23-12-6-9-22-15(16(12)28)20(31)26(2)3/h6,9-10,24,28H,5,7-8H2,1-4H3,(H,22,23). The van der Waals surface area contributed by atoms with Crippen molar-refractivity contribution in [1.82, 2.24) is 19.7 Å². The summed E-state index contributed by atoms with van der Waals surface area (Å²) in [6.45, 7) is 1.96. The number of aromatic nitrogens is 3. The molecule has 2 aromatic heterocycles. The van der Waals surface area contributed by atoms with Crippen molar-refractivity contribution in [3.63, 3.8) is 0 Å². The fraction of sp³-hybridized carbons (Fsp3) is 0.381. The number of nitrogens with zero attached hydrogens (tertiary/aromatic N) is 4. The van der Waals surface area contributed by atoms with E-state index in [9.17, 15) is 19.5 Å². The van der Waals surface area contributed by atoms with Gasteiger partial charge in [0.05, 0.1) is 16.9 Å². The molecule has 0 spiro atoms. The van der Waals surface area contributed by atoms with Crippen LogP contribution < -0.4 is 21.5 Å². The number of pyridine rings is 1. The van der Waals surface area contributed by atoms with Gasteiger partial charge in [-0.25, -0.2) is 4.98 Å². The summed E-state index contributed by atoms with van der Waals surface area (Å²) >= 11 is 0. The summed E-state index contributed by atoms with van der Waals surface area (Å²) in [6, 6.07) is 1.44.